The fourth-order valence-electron chi connectivity index (χ4n) is 2.32. The van der Waals surface area contributed by atoms with Crippen molar-refractivity contribution < 1.29 is 9.53 Å². The largest absolute Gasteiger partial charge is 0.378 e. The lowest BCUT2D eigenvalue weighted by atomic mass is 10.1. The maximum atomic E-state index is 12.4. The molecule has 4 nitrogen and oxygen atoms in total. The molecule has 1 N–H and O–H groups in total. The molecule has 1 saturated heterocycles. The van der Waals surface area contributed by atoms with Crippen LogP contribution in [0.5, 0.6) is 0 Å². The Morgan fingerprint density at radius 3 is 2.71 bits per heavy atom. The van der Waals surface area contributed by atoms with Gasteiger partial charge in [-0.05, 0) is 38.6 Å². The molecule has 1 heterocycles. The van der Waals surface area contributed by atoms with Crippen LogP contribution in [0.4, 0.5) is 0 Å². The Kier molecular flexibility index (Phi) is 6.08. The molecule has 2 atom stereocenters. The molecule has 116 valence electrons. The van der Waals surface area contributed by atoms with E-state index in [1.54, 1.807) is 11.8 Å². The zero-order chi connectivity index (χ0) is 15.2. The number of rotatable bonds is 5. The monoisotopic (exact) mass is 308 g/mol. The lowest BCUT2D eigenvalue weighted by molar-refractivity contribution is -0.134. The first-order valence-electron chi connectivity index (χ1n) is 7.42. The van der Waals surface area contributed by atoms with Crippen LogP contribution in [-0.2, 0) is 9.53 Å². The maximum Gasteiger partial charge on any atom is 0.235 e. The highest BCUT2D eigenvalue weighted by Crippen LogP contribution is 2.27. The maximum absolute atomic E-state index is 12.4. The average molecular weight is 308 g/mol. The molecule has 0 spiro atoms. The summed E-state index contributed by atoms with van der Waals surface area (Å²) >= 11 is 1.63. The molecule has 0 aromatic heterocycles. The van der Waals surface area contributed by atoms with Gasteiger partial charge in [0.1, 0.15) is 0 Å². The van der Waals surface area contributed by atoms with Crippen LogP contribution in [0.3, 0.4) is 0 Å². The third-order valence-electron chi connectivity index (χ3n) is 3.77. The van der Waals surface area contributed by atoms with E-state index in [0.29, 0.717) is 32.3 Å². The molecule has 0 saturated carbocycles. The Labute approximate surface area is 131 Å². The van der Waals surface area contributed by atoms with Gasteiger partial charge in [-0.25, -0.2) is 0 Å². The van der Waals surface area contributed by atoms with Crippen LogP contribution in [0.25, 0.3) is 0 Å². The first-order chi connectivity index (χ1) is 10.1. The summed E-state index contributed by atoms with van der Waals surface area (Å²) in [6, 6.07) is 8.71. The number of thioether (sulfide) groups is 1. The predicted octanol–water partition coefficient (Wildman–Crippen LogP) is 2.31. The molecule has 1 aromatic carbocycles. The third kappa shape index (κ3) is 4.46. The smallest absolute Gasteiger partial charge is 0.235 e. The molecule has 0 radical (unpaired) electrons. The van der Waals surface area contributed by atoms with E-state index in [2.05, 4.69) is 36.5 Å². The van der Waals surface area contributed by atoms with Crippen LogP contribution in [-0.4, -0.2) is 49.4 Å². The highest BCUT2D eigenvalue weighted by atomic mass is 32.2. The highest BCUT2D eigenvalue weighted by Gasteiger charge is 2.23. The zero-order valence-electron chi connectivity index (χ0n) is 13.0. The van der Waals surface area contributed by atoms with Crippen molar-refractivity contribution in [3.05, 3.63) is 29.8 Å². The van der Waals surface area contributed by atoms with Gasteiger partial charge in [0.25, 0.3) is 0 Å². The van der Waals surface area contributed by atoms with Crippen molar-refractivity contribution in [2.75, 3.05) is 33.4 Å². The van der Waals surface area contributed by atoms with Gasteiger partial charge < -0.3 is 15.0 Å². The van der Waals surface area contributed by atoms with Crippen molar-refractivity contribution in [3.8, 4) is 0 Å². The van der Waals surface area contributed by atoms with Gasteiger partial charge in [0.05, 0.1) is 18.5 Å². The number of carbonyl (C=O) groups excluding carboxylic acids is 1. The number of benzene rings is 1. The van der Waals surface area contributed by atoms with E-state index in [0.717, 1.165) is 4.90 Å². The first-order valence-corrected chi connectivity index (χ1v) is 8.30. The second kappa shape index (κ2) is 7.82. The van der Waals surface area contributed by atoms with Crippen molar-refractivity contribution in [3.63, 3.8) is 0 Å². The van der Waals surface area contributed by atoms with E-state index in [-0.39, 0.29) is 11.2 Å². The molecule has 0 bridgehead atoms. The van der Waals surface area contributed by atoms with Crippen LogP contribution >= 0.6 is 11.8 Å². The molecular weight excluding hydrogens is 284 g/mol. The summed E-state index contributed by atoms with van der Waals surface area (Å²) in [5, 5.41) is 3.17. The van der Waals surface area contributed by atoms with Crippen molar-refractivity contribution in [2.24, 2.45) is 0 Å². The number of morpholine rings is 1. The summed E-state index contributed by atoms with van der Waals surface area (Å²) in [6.45, 7) is 6.83. The second-order valence-electron chi connectivity index (χ2n) is 5.28. The number of hydrogen-bond acceptors (Lipinski definition) is 4. The molecular formula is C16H24N2O2S. The summed E-state index contributed by atoms with van der Waals surface area (Å²) in [6.07, 6.45) is 0. The lowest BCUT2D eigenvalue weighted by Gasteiger charge is -2.29. The summed E-state index contributed by atoms with van der Waals surface area (Å²) in [5.74, 6) is 0.204. The van der Waals surface area contributed by atoms with Crippen LogP contribution in [0.2, 0.25) is 0 Å². The normalized spacial score (nSPS) is 18.3. The molecule has 5 heteroatoms. The standard InChI is InChI=1S/C16H24N2O2S/c1-12(17-3)14-5-4-6-15(11-14)21-13(2)16(19)18-7-9-20-10-8-18/h4-6,11-13,17H,7-10H2,1-3H3. The van der Waals surface area contributed by atoms with Crippen LogP contribution in [0, 0.1) is 0 Å². The van der Waals surface area contributed by atoms with Gasteiger partial charge in [-0.15, -0.1) is 11.8 Å². The van der Waals surface area contributed by atoms with Gasteiger partial charge in [-0.3, -0.25) is 4.79 Å². The molecule has 2 unspecified atom stereocenters. The van der Waals surface area contributed by atoms with Gasteiger partial charge in [-0.1, -0.05) is 12.1 Å². The van der Waals surface area contributed by atoms with Crippen molar-refractivity contribution in [1.29, 1.82) is 0 Å². The van der Waals surface area contributed by atoms with E-state index in [9.17, 15) is 4.79 Å². The minimum atomic E-state index is -0.0664. The van der Waals surface area contributed by atoms with Gasteiger partial charge in [0.15, 0.2) is 0 Å². The van der Waals surface area contributed by atoms with E-state index >= 15 is 0 Å². The van der Waals surface area contributed by atoms with Crippen molar-refractivity contribution in [1.82, 2.24) is 10.2 Å². The Morgan fingerprint density at radius 2 is 2.05 bits per heavy atom. The molecule has 1 aliphatic rings. The lowest BCUT2D eigenvalue weighted by Crippen LogP contribution is -2.44. The minimum Gasteiger partial charge on any atom is -0.378 e. The van der Waals surface area contributed by atoms with E-state index in [1.807, 2.05) is 18.9 Å². The van der Waals surface area contributed by atoms with Gasteiger partial charge in [0.2, 0.25) is 5.91 Å². The topological polar surface area (TPSA) is 41.6 Å². The Hall–Kier alpha value is -1.04. The number of amides is 1. The average Bonchev–Trinajstić information content (AvgIpc) is 2.54. The molecule has 21 heavy (non-hydrogen) atoms. The first kappa shape index (κ1) is 16.3. The number of nitrogens with one attached hydrogen (secondary N) is 1. The molecule has 1 aromatic rings. The summed E-state index contributed by atoms with van der Waals surface area (Å²) in [5.41, 5.74) is 1.24. The minimum absolute atomic E-state index is 0.0664. The Morgan fingerprint density at radius 1 is 1.33 bits per heavy atom. The second-order valence-corrected chi connectivity index (χ2v) is 6.69. The van der Waals surface area contributed by atoms with Crippen LogP contribution < -0.4 is 5.32 Å². The fourth-order valence-corrected chi connectivity index (χ4v) is 3.34. The Balaban J connectivity index is 1.98. The number of nitrogens with zero attached hydrogens (tertiary/aromatic N) is 1. The third-order valence-corrected chi connectivity index (χ3v) is 4.86. The quantitative estimate of drug-likeness (QED) is 0.848. The van der Waals surface area contributed by atoms with Crippen LogP contribution in [0.15, 0.2) is 29.2 Å². The highest BCUT2D eigenvalue weighted by molar-refractivity contribution is 8.00. The number of carbonyl (C=O) groups is 1. The molecule has 1 aliphatic heterocycles. The van der Waals surface area contributed by atoms with Gasteiger partial charge >= 0.3 is 0 Å². The SMILES string of the molecule is CNC(C)c1cccc(SC(C)C(=O)N2CCOCC2)c1. The summed E-state index contributed by atoms with van der Waals surface area (Å²) < 4.78 is 5.29. The van der Waals surface area contributed by atoms with Gasteiger partial charge in [0, 0.05) is 24.0 Å². The summed E-state index contributed by atoms with van der Waals surface area (Å²) in [4.78, 5) is 15.5. The van der Waals surface area contributed by atoms with Gasteiger partial charge in [-0.2, -0.15) is 0 Å². The Bertz CT molecular complexity index is 475. The van der Waals surface area contributed by atoms with E-state index in [4.69, 9.17) is 4.74 Å². The number of ether oxygens (including phenoxy) is 1. The van der Waals surface area contributed by atoms with Crippen molar-refractivity contribution in [2.45, 2.75) is 30.0 Å². The van der Waals surface area contributed by atoms with E-state index in [1.165, 1.54) is 5.56 Å². The molecule has 2 rings (SSSR count). The predicted molar refractivity (Wildman–Crippen MR) is 86.6 cm³/mol. The number of hydrogen-bond donors (Lipinski definition) is 1. The fraction of sp³-hybridized carbons (Fsp3) is 0.562. The zero-order valence-corrected chi connectivity index (χ0v) is 13.8. The molecule has 1 amide bonds. The summed E-state index contributed by atoms with van der Waals surface area (Å²) in [7, 11) is 1.95. The molecule has 0 aliphatic carbocycles. The van der Waals surface area contributed by atoms with Crippen molar-refractivity contribution >= 4 is 17.7 Å². The van der Waals surface area contributed by atoms with Crippen LogP contribution in [0.1, 0.15) is 25.5 Å². The molecule has 1 fully saturated rings. The van der Waals surface area contributed by atoms with E-state index < -0.39 is 0 Å².